The molecule has 2 atom stereocenters. The molecule has 2 aromatic rings. The molecule has 0 spiro atoms. The third-order valence-corrected chi connectivity index (χ3v) is 5.44. The first-order chi connectivity index (χ1) is 12.7. The normalized spacial score (nSPS) is 24.5. The van der Waals surface area contributed by atoms with Gasteiger partial charge in [0.1, 0.15) is 5.82 Å². The molecule has 4 rings (SSSR count). The van der Waals surface area contributed by atoms with Gasteiger partial charge in [-0.2, -0.15) is 5.10 Å². The van der Waals surface area contributed by atoms with E-state index in [1.165, 1.54) is 25.0 Å². The van der Waals surface area contributed by atoms with Crippen molar-refractivity contribution in [2.45, 2.75) is 38.4 Å². The average molecular weight is 358 g/mol. The highest BCUT2D eigenvalue weighted by atomic mass is 19.1. The lowest BCUT2D eigenvalue weighted by molar-refractivity contribution is -0.0840. The Hall–Kier alpha value is -1.76. The summed E-state index contributed by atoms with van der Waals surface area (Å²) in [7, 11) is 0. The van der Waals surface area contributed by atoms with E-state index in [2.05, 4.69) is 21.8 Å². The Kier molecular flexibility index (Phi) is 5.33. The lowest BCUT2D eigenvalue weighted by Gasteiger charge is -2.48. The van der Waals surface area contributed by atoms with Gasteiger partial charge < -0.3 is 4.74 Å². The van der Waals surface area contributed by atoms with Crippen LogP contribution in [0, 0.1) is 5.82 Å². The Morgan fingerprint density at radius 1 is 1.27 bits per heavy atom. The first kappa shape index (κ1) is 17.6. The summed E-state index contributed by atoms with van der Waals surface area (Å²) < 4.78 is 21.0. The SMILES string of the molecule is CCC[C@H]1COC[C@H]2CN(Cc3cnn(-c4cccc(F)c4)c3)CCN12. The fourth-order valence-corrected chi connectivity index (χ4v) is 4.18. The van der Waals surface area contributed by atoms with Crippen molar-refractivity contribution in [2.75, 3.05) is 32.8 Å². The topological polar surface area (TPSA) is 33.5 Å². The fraction of sp³-hybridized carbons (Fsp3) is 0.550. The van der Waals surface area contributed by atoms with E-state index in [1.807, 2.05) is 18.5 Å². The van der Waals surface area contributed by atoms with Crippen LogP contribution in [0.1, 0.15) is 25.3 Å². The summed E-state index contributed by atoms with van der Waals surface area (Å²) in [5.74, 6) is -0.241. The van der Waals surface area contributed by atoms with E-state index in [4.69, 9.17) is 4.74 Å². The molecular weight excluding hydrogens is 331 g/mol. The van der Waals surface area contributed by atoms with Crippen molar-refractivity contribution in [3.63, 3.8) is 0 Å². The molecule has 5 nitrogen and oxygen atoms in total. The van der Waals surface area contributed by atoms with Crippen molar-refractivity contribution in [3.8, 4) is 5.69 Å². The third kappa shape index (κ3) is 3.82. The number of nitrogens with zero attached hydrogens (tertiary/aromatic N) is 4. The van der Waals surface area contributed by atoms with Crippen LogP contribution in [0.5, 0.6) is 0 Å². The largest absolute Gasteiger partial charge is 0.378 e. The predicted octanol–water partition coefficient (Wildman–Crippen LogP) is 2.70. The van der Waals surface area contributed by atoms with Gasteiger partial charge in [0.25, 0.3) is 0 Å². The summed E-state index contributed by atoms with van der Waals surface area (Å²) >= 11 is 0. The number of benzene rings is 1. The predicted molar refractivity (Wildman–Crippen MR) is 98.8 cm³/mol. The summed E-state index contributed by atoms with van der Waals surface area (Å²) in [6, 6.07) is 7.60. The molecule has 0 bridgehead atoms. The van der Waals surface area contributed by atoms with E-state index in [1.54, 1.807) is 10.7 Å². The number of hydrogen-bond donors (Lipinski definition) is 0. The maximum atomic E-state index is 13.4. The molecule has 0 aliphatic carbocycles. The molecule has 0 saturated carbocycles. The Morgan fingerprint density at radius 3 is 3.04 bits per heavy atom. The van der Waals surface area contributed by atoms with Crippen LogP contribution in [0.2, 0.25) is 0 Å². The molecule has 3 heterocycles. The monoisotopic (exact) mass is 358 g/mol. The van der Waals surface area contributed by atoms with E-state index in [0.717, 1.165) is 50.6 Å². The summed E-state index contributed by atoms with van der Waals surface area (Å²) in [6.45, 7) is 8.04. The van der Waals surface area contributed by atoms with Gasteiger partial charge in [-0.3, -0.25) is 9.80 Å². The van der Waals surface area contributed by atoms with Gasteiger partial charge in [-0.05, 0) is 24.6 Å². The van der Waals surface area contributed by atoms with Crippen LogP contribution in [0.3, 0.4) is 0 Å². The molecule has 2 saturated heterocycles. The van der Waals surface area contributed by atoms with Crippen molar-refractivity contribution in [3.05, 3.63) is 48.0 Å². The zero-order valence-electron chi connectivity index (χ0n) is 15.4. The van der Waals surface area contributed by atoms with Crippen molar-refractivity contribution >= 4 is 0 Å². The average Bonchev–Trinajstić information content (AvgIpc) is 3.11. The number of rotatable bonds is 5. The van der Waals surface area contributed by atoms with Gasteiger partial charge in [-0.1, -0.05) is 19.4 Å². The number of hydrogen-bond acceptors (Lipinski definition) is 4. The summed E-state index contributed by atoms with van der Waals surface area (Å²) in [6.07, 6.45) is 6.31. The second-order valence-electron chi connectivity index (χ2n) is 7.38. The minimum absolute atomic E-state index is 0.241. The van der Waals surface area contributed by atoms with Crippen molar-refractivity contribution in [2.24, 2.45) is 0 Å². The molecule has 1 aromatic carbocycles. The van der Waals surface area contributed by atoms with Gasteiger partial charge in [0, 0.05) is 50.0 Å². The van der Waals surface area contributed by atoms with Crippen LogP contribution in [0.25, 0.3) is 5.69 Å². The highest BCUT2D eigenvalue weighted by Gasteiger charge is 2.35. The van der Waals surface area contributed by atoms with E-state index in [-0.39, 0.29) is 5.82 Å². The van der Waals surface area contributed by atoms with Gasteiger partial charge in [0.05, 0.1) is 25.1 Å². The second kappa shape index (κ2) is 7.86. The third-order valence-electron chi connectivity index (χ3n) is 5.44. The van der Waals surface area contributed by atoms with Crippen LogP contribution in [0.15, 0.2) is 36.7 Å². The Morgan fingerprint density at radius 2 is 2.19 bits per heavy atom. The van der Waals surface area contributed by atoms with Gasteiger partial charge in [0.15, 0.2) is 0 Å². The fourth-order valence-electron chi connectivity index (χ4n) is 4.18. The molecule has 26 heavy (non-hydrogen) atoms. The first-order valence-corrected chi connectivity index (χ1v) is 9.58. The zero-order chi connectivity index (χ0) is 17.9. The molecule has 2 aliphatic heterocycles. The molecule has 0 unspecified atom stereocenters. The van der Waals surface area contributed by atoms with Crippen LogP contribution >= 0.6 is 0 Å². The number of morpholine rings is 1. The van der Waals surface area contributed by atoms with Crippen LogP contribution in [0.4, 0.5) is 4.39 Å². The molecule has 0 N–H and O–H groups in total. The molecule has 2 fully saturated rings. The Balaban J connectivity index is 1.38. The van der Waals surface area contributed by atoms with E-state index >= 15 is 0 Å². The molecule has 0 radical (unpaired) electrons. The number of aromatic nitrogens is 2. The van der Waals surface area contributed by atoms with Crippen LogP contribution < -0.4 is 0 Å². The molecular formula is C20H27FN4O. The molecule has 1 aromatic heterocycles. The second-order valence-corrected chi connectivity index (χ2v) is 7.38. The Bertz CT molecular complexity index is 732. The smallest absolute Gasteiger partial charge is 0.125 e. The standard InChI is InChI=1S/C20H27FN4O/c1-2-4-19-14-26-15-20-13-23(7-8-24(19)20)11-16-10-22-25(12-16)18-6-3-5-17(21)9-18/h3,5-6,9-10,12,19-20H,2,4,7-8,11,13-15H2,1H3/t19-,20+/m0/s1. The number of piperazine rings is 1. The van der Waals surface area contributed by atoms with E-state index < -0.39 is 0 Å². The van der Waals surface area contributed by atoms with Gasteiger partial charge in [-0.25, -0.2) is 9.07 Å². The maximum absolute atomic E-state index is 13.4. The minimum Gasteiger partial charge on any atom is -0.378 e. The van der Waals surface area contributed by atoms with E-state index in [0.29, 0.717) is 12.1 Å². The number of fused-ring (bicyclic) bond motifs is 1. The van der Waals surface area contributed by atoms with Gasteiger partial charge in [0.2, 0.25) is 0 Å². The number of ether oxygens (including phenoxy) is 1. The first-order valence-electron chi connectivity index (χ1n) is 9.58. The molecule has 2 aliphatic rings. The van der Waals surface area contributed by atoms with Gasteiger partial charge in [-0.15, -0.1) is 0 Å². The van der Waals surface area contributed by atoms with Crippen LogP contribution in [-0.2, 0) is 11.3 Å². The van der Waals surface area contributed by atoms with Gasteiger partial charge >= 0.3 is 0 Å². The van der Waals surface area contributed by atoms with Crippen molar-refractivity contribution in [1.82, 2.24) is 19.6 Å². The lowest BCUT2D eigenvalue weighted by atomic mass is 10.0. The summed E-state index contributed by atoms with van der Waals surface area (Å²) in [5, 5.41) is 4.40. The van der Waals surface area contributed by atoms with E-state index in [9.17, 15) is 4.39 Å². The lowest BCUT2D eigenvalue weighted by Crippen LogP contribution is -2.61. The maximum Gasteiger partial charge on any atom is 0.125 e. The zero-order valence-corrected chi connectivity index (χ0v) is 15.4. The van der Waals surface area contributed by atoms with Crippen molar-refractivity contribution in [1.29, 1.82) is 0 Å². The van der Waals surface area contributed by atoms with Crippen LogP contribution in [-0.4, -0.2) is 64.5 Å². The quantitative estimate of drug-likeness (QED) is 0.823. The van der Waals surface area contributed by atoms with Crippen molar-refractivity contribution < 1.29 is 9.13 Å². The molecule has 140 valence electrons. The molecule has 6 heteroatoms. The Labute approximate surface area is 154 Å². The highest BCUT2D eigenvalue weighted by Crippen LogP contribution is 2.22. The number of halogens is 1. The summed E-state index contributed by atoms with van der Waals surface area (Å²) in [5.41, 5.74) is 1.91. The summed E-state index contributed by atoms with van der Waals surface area (Å²) in [4.78, 5) is 5.13. The molecule has 0 amide bonds. The highest BCUT2D eigenvalue weighted by molar-refractivity contribution is 5.31. The minimum atomic E-state index is -0.241.